The van der Waals surface area contributed by atoms with Gasteiger partial charge in [-0.2, -0.15) is 5.10 Å². The molecule has 1 atom stereocenters. The summed E-state index contributed by atoms with van der Waals surface area (Å²) in [6.07, 6.45) is 2.25. The largest absolute Gasteiger partial charge is 0.350 e. The first-order valence-electron chi connectivity index (χ1n) is 9.34. The van der Waals surface area contributed by atoms with E-state index >= 15 is 0 Å². The van der Waals surface area contributed by atoms with Gasteiger partial charge in [0.15, 0.2) is 12.0 Å². The summed E-state index contributed by atoms with van der Waals surface area (Å²) in [6, 6.07) is 16.5. The Hall–Kier alpha value is -3.03. The van der Waals surface area contributed by atoms with Gasteiger partial charge in [0.05, 0.1) is 11.9 Å². The van der Waals surface area contributed by atoms with Crippen molar-refractivity contribution in [2.45, 2.75) is 32.1 Å². The minimum absolute atomic E-state index is 0.141. The third-order valence-electron chi connectivity index (χ3n) is 4.68. The Morgan fingerprint density at radius 3 is 2.61 bits per heavy atom. The molecule has 1 N–H and O–H groups in total. The third kappa shape index (κ3) is 3.95. The van der Waals surface area contributed by atoms with E-state index in [1.165, 1.54) is 4.68 Å². The second kappa shape index (κ2) is 8.33. The number of rotatable bonds is 5. The van der Waals surface area contributed by atoms with Gasteiger partial charge in [0.25, 0.3) is 11.5 Å². The summed E-state index contributed by atoms with van der Waals surface area (Å²) in [5.74, 6) is -0.507. The van der Waals surface area contributed by atoms with Crippen LogP contribution in [-0.4, -0.2) is 28.6 Å². The minimum atomic E-state index is -0.507. The molecular weight excluding hydrogens is 358 g/mol. The van der Waals surface area contributed by atoms with Crippen LogP contribution in [0.2, 0.25) is 0 Å². The number of nitrogens with zero attached hydrogens (tertiary/aromatic N) is 2. The molecule has 28 heavy (non-hydrogen) atoms. The van der Waals surface area contributed by atoms with E-state index in [1.807, 2.05) is 30.3 Å². The smallest absolute Gasteiger partial charge is 0.296 e. The molecule has 1 aliphatic heterocycles. The van der Waals surface area contributed by atoms with Gasteiger partial charge >= 0.3 is 0 Å². The number of fused-ring (bicyclic) bond motifs is 1. The molecule has 7 heteroatoms. The number of hydrogen-bond donors (Lipinski definition) is 1. The Morgan fingerprint density at radius 2 is 1.86 bits per heavy atom. The van der Waals surface area contributed by atoms with Gasteiger partial charge in [-0.15, -0.1) is 0 Å². The van der Waals surface area contributed by atoms with E-state index in [1.54, 1.807) is 24.3 Å². The molecule has 4 rings (SSSR count). The first-order valence-corrected chi connectivity index (χ1v) is 9.34. The van der Waals surface area contributed by atoms with E-state index in [-0.39, 0.29) is 17.8 Å². The van der Waals surface area contributed by atoms with Crippen LogP contribution in [0.3, 0.4) is 0 Å². The normalized spacial score (nSPS) is 16.8. The molecule has 144 valence electrons. The number of carbonyl (C=O) groups excluding carboxylic acids is 1. The third-order valence-corrected chi connectivity index (χ3v) is 4.68. The Labute approximate surface area is 161 Å². The van der Waals surface area contributed by atoms with Crippen molar-refractivity contribution in [2.75, 3.05) is 6.61 Å². The number of nitrogens with one attached hydrogen (secondary N) is 1. The second-order valence-electron chi connectivity index (χ2n) is 6.69. The lowest BCUT2D eigenvalue weighted by Gasteiger charge is -2.22. The average Bonchev–Trinajstić information content (AvgIpc) is 2.75. The van der Waals surface area contributed by atoms with Crippen LogP contribution in [0, 0.1) is 0 Å². The van der Waals surface area contributed by atoms with Crippen LogP contribution in [0.25, 0.3) is 10.8 Å². The van der Waals surface area contributed by atoms with Gasteiger partial charge in [0.2, 0.25) is 0 Å². The maximum absolute atomic E-state index is 12.8. The number of carbonyl (C=O) groups is 1. The molecule has 1 saturated heterocycles. The molecule has 1 fully saturated rings. The Morgan fingerprint density at radius 1 is 1.11 bits per heavy atom. The van der Waals surface area contributed by atoms with Crippen molar-refractivity contribution in [3.05, 3.63) is 76.2 Å². The average molecular weight is 379 g/mol. The van der Waals surface area contributed by atoms with Gasteiger partial charge in [-0.05, 0) is 24.5 Å². The Bertz CT molecular complexity index is 1030. The SMILES string of the molecule is O=C(NO[C@@H]1CCCCO1)c1nn(Cc2ccccc2)c(=O)c2ccccc12. The van der Waals surface area contributed by atoms with Crippen molar-refractivity contribution in [2.24, 2.45) is 0 Å². The summed E-state index contributed by atoms with van der Waals surface area (Å²) in [7, 11) is 0. The highest BCUT2D eigenvalue weighted by Crippen LogP contribution is 2.15. The van der Waals surface area contributed by atoms with E-state index in [9.17, 15) is 9.59 Å². The van der Waals surface area contributed by atoms with Gasteiger partial charge in [0, 0.05) is 18.4 Å². The first-order chi connectivity index (χ1) is 13.7. The van der Waals surface area contributed by atoms with Crippen LogP contribution in [0.1, 0.15) is 35.3 Å². The van der Waals surface area contributed by atoms with Crippen molar-refractivity contribution < 1.29 is 14.4 Å². The lowest BCUT2D eigenvalue weighted by Crippen LogP contribution is -2.35. The quantitative estimate of drug-likeness (QED) is 0.689. The summed E-state index contributed by atoms with van der Waals surface area (Å²) in [5.41, 5.74) is 3.25. The van der Waals surface area contributed by atoms with E-state index in [4.69, 9.17) is 9.57 Å². The number of aromatic nitrogens is 2. The number of hydrogen-bond acceptors (Lipinski definition) is 5. The lowest BCUT2D eigenvalue weighted by molar-refractivity contribution is -0.186. The van der Waals surface area contributed by atoms with Crippen LogP contribution in [-0.2, 0) is 16.1 Å². The van der Waals surface area contributed by atoms with Crippen LogP contribution in [0.15, 0.2) is 59.4 Å². The number of hydroxylamine groups is 1. The van der Waals surface area contributed by atoms with E-state index in [2.05, 4.69) is 10.6 Å². The molecule has 0 aliphatic carbocycles. The first kappa shape index (κ1) is 18.3. The standard InChI is InChI=1S/C21H21N3O4/c25-20(23-28-18-12-6-7-13-27-18)19-16-10-4-5-11-17(16)21(26)24(22-19)14-15-8-2-1-3-9-15/h1-5,8-11,18H,6-7,12-14H2,(H,23,25)/t18-/m1/s1. The van der Waals surface area contributed by atoms with Crippen LogP contribution in [0.5, 0.6) is 0 Å². The van der Waals surface area contributed by atoms with Crippen molar-refractivity contribution in [1.29, 1.82) is 0 Å². The van der Waals surface area contributed by atoms with E-state index < -0.39 is 12.2 Å². The molecular formula is C21H21N3O4. The van der Waals surface area contributed by atoms with Gasteiger partial charge in [-0.3, -0.25) is 9.59 Å². The minimum Gasteiger partial charge on any atom is -0.350 e. The Balaban J connectivity index is 1.65. The van der Waals surface area contributed by atoms with E-state index in [0.717, 1.165) is 24.8 Å². The number of benzene rings is 2. The van der Waals surface area contributed by atoms with Crippen molar-refractivity contribution >= 4 is 16.7 Å². The fourth-order valence-electron chi connectivity index (χ4n) is 3.24. The summed E-state index contributed by atoms with van der Waals surface area (Å²) >= 11 is 0. The molecule has 1 aromatic heterocycles. The maximum Gasteiger partial charge on any atom is 0.296 e. The number of amides is 1. The Kier molecular flexibility index (Phi) is 5.45. The van der Waals surface area contributed by atoms with Crippen molar-refractivity contribution in [1.82, 2.24) is 15.3 Å². The summed E-state index contributed by atoms with van der Waals surface area (Å²) in [5, 5.41) is 5.26. The summed E-state index contributed by atoms with van der Waals surface area (Å²) < 4.78 is 6.77. The zero-order valence-electron chi connectivity index (χ0n) is 15.3. The monoisotopic (exact) mass is 379 g/mol. The maximum atomic E-state index is 12.8. The highest BCUT2D eigenvalue weighted by atomic mass is 16.8. The van der Waals surface area contributed by atoms with Gasteiger partial charge in [-0.25, -0.2) is 15.0 Å². The molecule has 0 bridgehead atoms. The predicted molar refractivity (Wildman–Crippen MR) is 104 cm³/mol. The van der Waals surface area contributed by atoms with Gasteiger partial charge < -0.3 is 4.74 Å². The molecule has 3 aromatic rings. The highest BCUT2D eigenvalue weighted by Gasteiger charge is 2.20. The molecule has 2 aromatic carbocycles. The topological polar surface area (TPSA) is 82.4 Å². The van der Waals surface area contributed by atoms with Gasteiger partial charge in [-0.1, -0.05) is 48.5 Å². The second-order valence-corrected chi connectivity index (χ2v) is 6.69. The van der Waals surface area contributed by atoms with Crippen LogP contribution in [0.4, 0.5) is 0 Å². The number of ether oxygens (including phenoxy) is 1. The zero-order chi connectivity index (χ0) is 19.3. The highest BCUT2D eigenvalue weighted by molar-refractivity contribution is 6.04. The molecule has 2 heterocycles. The molecule has 1 aliphatic rings. The predicted octanol–water partition coefficient (Wildman–Crippen LogP) is 2.63. The van der Waals surface area contributed by atoms with Crippen molar-refractivity contribution in [3.63, 3.8) is 0 Å². The van der Waals surface area contributed by atoms with E-state index in [0.29, 0.717) is 17.4 Å². The van der Waals surface area contributed by atoms with Crippen LogP contribution >= 0.6 is 0 Å². The zero-order valence-corrected chi connectivity index (χ0v) is 15.3. The molecule has 0 saturated carbocycles. The molecule has 7 nitrogen and oxygen atoms in total. The van der Waals surface area contributed by atoms with Gasteiger partial charge in [0.1, 0.15) is 0 Å². The summed E-state index contributed by atoms with van der Waals surface area (Å²) in [6.45, 7) is 0.890. The molecule has 0 unspecified atom stereocenters. The summed E-state index contributed by atoms with van der Waals surface area (Å²) in [4.78, 5) is 31.0. The van der Waals surface area contributed by atoms with Crippen molar-refractivity contribution in [3.8, 4) is 0 Å². The van der Waals surface area contributed by atoms with Crippen LogP contribution < -0.4 is 11.0 Å². The fourth-order valence-corrected chi connectivity index (χ4v) is 3.24. The molecule has 0 spiro atoms. The lowest BCUT2D eigenvalue weighted by atomic mass is 10.1. The molecule has 0 radical (unpaired) electrons. The molecule has 1 amide bonds. The fraction of sp³-hybridized carbons (Fsp3) is 0.286.